The lowest BCUT2D eigenvalue weighted by molar-refractivity contribution is -0.121. The molecule has 1 atom stereocenters. The lowest BCUT2D eigenvalue weighted by Gasteiger charge is -2.18. The lowest BCUT2D eigenvalue weighted by Crippen LogP contribution is -2.30. The van der Waals surface area contributed by atoms with Crippen LogP contribution in [0.1, 0.15) is 47.9 Å². The van der Waals surface area contributed by atoms with Gasteiger partial charge in [0.05, 0.1) is 16.5 Å². The van der Waals surface area contributed by atoms with E-state index < -0.39 is 0 Å². The Morgan fingerprint density at radius 2 is 1.97 bits per heavy atom. The Balaban J connectivity index is 1.78. The van der Waals surface area contributed by atoms with Crippen LogP contribution in [-0.4, -0.2) is 43.4 Å². The monoisotopic (exact) mass is 451 g/mol. The fourth-order valence-corrected chi connectivity index (χ4v) is 4.36. The van der Waals surface area contributed by atoms with Gasteiger partial charge < -0.3 is 5.32 Å². The van der Waals surface area contributed by atoms with Gasteiger partial charge in [0.25, 0.3) is 5.91 Å². The van der Waals surface area contributed by atoms with Crippen molar-refractivity contribution >= 4 is 34.6 Å². The van der Waals surface area contributed by atoms with Gasteiger partial charge in [-0.15, -0.1) is 11.3 Å². The number of nitrogens with one attached hydrogen (secondary N) is 2. The largest absolute Gasteiger partial charge is 0.342 e. The molecule has 2 amide bonds. The van der Waals surface area contributed by atoms with Crippen LogP contribution in [0.15, 0.2) is 36.8 Å². The summed E-state index contributed by atoms with van der Waals surface area (Å²) in [5.41, 5.74) is 1.91. The number of pyridine rings is 1. The average molecular weight is 452 g/mol. The summed E-state index contributed by atoms with van der Waals surface area (Å²) in [5.74, 6) is 0.709. The highest BCUT2D eigenvalue weighted by Crippen LogP contribution is 2.36. The molecule has 4 rings (SSSR count). The molecule has 0 aliphatic heterocycles. The van der Waals surface area contributed by atoms with Crippen LogP contribution in [0.25, 0.3) is 16.2 Å². The van der Waals surface area contributed by atoms with E-state index in [1.807, 2.05) is 44.2 Å². The minimum Gasteiger partial charge on any atom is -0.342 e. The number of hydrogen-bond donors (Lipinski definition) is 2. The van der Waals surface area contributed by atoms with Gasteiger partial charge in [-0.2, -0.15) is 5.10 Å². The highest BCUT2D eigenvalue weighted by Gasteiger charge is 2.25. The molecule has 0 aliphatic rings. The number of aromatic nitrogens is 5. The van der Waals surface area contributed by atoms with E-state index in [0.717, 1.165) is 15.4 Å². The summed E-state index contributed by atoms with van der Waals surface area (Å²) >= 11 is 1.62. The van der Waals surface area contributed by atoms with Crippen LogP contribution in [0.3, 0.4) is 0 Å². The first kappa shape index (κ1) is 21.7. The Labute approximate surface area is 189 Å². The fourth-order valence-electron chi connectivity index (χ4n) is 3.45. The number of H-pyrrole nitrogens is 1. The lowest BCUT2D eigenvalue weighted by atomic mass is 10.2. The summed E-state index contributed by atoms with van der Waals surface area (Å²) in [7, 11) is 1.74. The number of hydrogen-bond acceptors (Lipinski definition) is 6. The van der Waals surface area contributed by atoms with E-state index in [1.54, 1.807) is 41.6 Å². The normalized spacial score (nSPS) is 12.3. The minimum atomic E-state index is -0.326. The van der Waals surface area contributed by atoms with E-state index in [0.29, 0.717) is 22.9 Å². The quantitative estimate of drug-likeness (QED) is 0.466. The molecule has 0 saturated carbocycles. The van der Waals surface area contributed by atoms with Crippen molar-refractivity contribution in [3.63, 3.8) is 0 Å². The van der Waals surface area contributed by atoms with Gasteiger partial charge in [-0.3, -0.25) is 24.0 Å². The number of carbonyl (C=O) groups is 2. The summed E-state index contributed by atoms with van der Waals surface area (Å²) in [4.78, 5) is 38.2. The predicted octanol–water partition coefficient (Wildman–Crippen LogP) is 3.60. The third kappa shape index (κ3) is 4.01. The number of aromatic amines is 1. The number of amides is 2. The van der Waals surface area contributed by atoms with Crippen LogP contribution in [0.4, 0.5) is 5.82 Å². The molecule has 2 N–H and O–H groups in total. The molecule has 0 spiro atoms. The summed E-state index contributed by atoms with van der Waals surface area (Å²) < 4.78 is 1.87. The second-order valence-electron chi connectivity index (χ2n) is 7.96. The third-order valence-corrected chi connectivity index (χ3v) is 6.18. The standard InChI is InChI=1S/C22H25N7O2S/c1-12(2)22(31)28(5)20-18(16-8-6-13(3)32-16)29-10-15(7-9-17(29)26-20)21(30)25-14(4)19-23-11-24-27-19/h6-12,14H,1-5H3,(H,25,30)(H,23,24,27). The van der Waals surface area contributed by atoms with Crippen LogP contribution in [0.2, 0.25) is 0 Å². The molecule has 0 radical (unpaired) electrons. The molecule has 32 heavy (non-hydrogen) atoms. The van der Waals surface area contributed by atoms with Crippen molar-refractivity contribution in [1.29, 1.82) is 0 Å². The van der Waals surface area contributed by atoms with E-state index in [4.69, 9.17) is 4.98 Å². The first-order chi connectivity index (χ1) is 15.3. The molecule has 10 heteroatoms. The maximum absolute atomic E-state index is 12.9. The highest BCUT2D eigenvalue weighted by molar-refractivity contribution is 7.15. The maximum Gasteiger partial charge on any atom is 0.253 e. The molecule has 9 nitrogen and oxygen atoms in total. The Kier molecular flexibility index (Phi) is 5.79. The first-order valence-electron chi connectivity index (χ1n) is 10.3. The number of aryl methyl sites for hydroxylation is 1. The number of fused-ring (bicyclic) bond motifs is 1. The smallest absolute Gasteiger partial charge is 0.253 e. The molecule has 4 aromatic rings. The topological polar surface area (TPSA) is 108 Å². The zero-order chi connectivity index (χ0) is 23.0. The van der Waals surface area contributed by atoms with Gasteiger partial charge in [-0.05, 0) is 38.1 Å². The second-order valence-corrected chi connectivity index (χ2v) is 9.25. The van der Waals surface area contributed by atoms with Crippen LogP contribution >= 0.6 is 11.3 Å². The zero-order valence-electron chi connectivity index (χ0n) is 18.6. The van der Waals surface area contributed by atoms with Gasteiger partial charge in [0.1, 0.15) is 23.5 Å². The molecular weight excluding hydrogens is 426 g/mol. The number of thiophene rings is 1. The van der Waals surface area contributed by atoms with Crippen LogP contribution in [-0.2, 0) is 4.79 Å². The molecule has 4 aromatic heterocycles. The number of carbonyl (C=O) groups excluding carboxylic acids is 2. The molecule has 1 unspecified atom stereocenters. The van der Waals surface area contributed by atoms with E-state index in [9.17, 15) is 9.59 Å². The van der Waals surface area contributed by atoms with Crippen LogP contribution in [0, 0.1) is 12.8 Å². The Bertz CT molecular complexity index is 1270. The van der Waals surface area contributed by atoms with Crippen molar-refractivity contribution in [3.8, 4) is 10.6 Å². The number of imidazole rings is 1. The average Bonchev–Trinajstić information content (AvgIpc) is 3.51. The van der Waals surface area contributed by atoms with Gasteiger partial charge in [0.2, 0.25) is 5.91 Å². The van der Waals surface area contributed by atoms with Gasteiger partial charge >= 0.3 is 0 Å². The van der Waals surface area contributed by atoms with Crippen molar-refractivity contribution in [2.75, 3.05) is 11.9 Å². The summed E-state index contributed by atoms with van der Waals surface area (Å²) in [6.07, 6.45) is 3.16. The van der Waals surface area contributed by atoms with Crippen molar-refractivity contribution < 1.29 is 9.59 Å². The van der Waals surface area contributed by atoms with Gasteiger partial charge in [0.15, 0.2) is 5.82 Å². The molecule has 0 fully saturated rings. The van der Waals surface area contributed by atoms with E-state index in [-0.39, 0.29) is 23.8 Å². The molecule has 4 heterocycles. The van der Waals surface area contributed by atoms with Crippen LogP contribution in [0.5, 0.6) is 0 Å². The summed E-state index contributed by atoms with van der Waals surface area (Å²) in [5, 5.41) is 9.51. The van der Waals surface area contributed by atoms with Crippen molar-refractivity contribution in [2.45, 2.75) is 33.7 Å². The van der Waals surface area contributed by atoms with Gasteiger partial charge in [0, 0.05) is 24.0 Å². The van der Waals surface area contributed by atoms with Crippen molar-refractivity contribution in [3.05, 3.63) is 53.1 Å². The second kappa shape index (κ2) is 8.54. The Morgan fingerprint density at radius 3 is 2.59 bits per heavy atom. The molecule has 0 bridgehead atoms. The maximum atomic E-state index is 12.9. The number of anilines is 1. The predicted molar refractivity (Wildman–Crippen MR) is 124 cm³/mol. The molecule has 0 aromatic carbocycles. The highest BCUT2D eigenvalue weighted by atomic mass is 32.1. The molecule has 0 aliphatic carbocycles. The number of nitrogens with zero attached hydrogens (tertiary/aromatic N) is 5. The van der Waals surface area contributed by atoms with Gasteiger partial charge in [-0.1, -0.05) is 13.8 Å². The van der Waals surface area contributed by atoms with Crippen LogP contribution < -0.4 is 10.2 Å². The summed E-state index contributed by atoms with van der Waals surface area (Å²) in [6.45, 7) is 7.59. The molecule has 0 saturated heterocycles. The Hall–Kier alpha value is -3.53. The zero-order valence-corrected chi connectivity index (χ0v) is 19.4. The Morgan fingerprint density at radius 1 is 1.19 bits per heavy atom. The SMILES string of the molecule is Cc1ccc(-c2c(N(C)C(=O)C(C)C)nc3ccc(C(=O)NC(C)c4ncn[nH]4)cn23)s1. The number of rotatable bonds is 6. The third-order valence-electron chi connectivity index (χ3n) is 5.17. The molecule has 166 valence electrons. The minimum absolute atomic E-state index is 0.0261. The molecular formula is C22H25N7O2S. The van der Waals surface area contributed by atoms with E-state index in [1.165, 1.54) is 6.33 Å². The summed E-state index contributed by atoms with van der Waals surface area (Å²) in [6, 6.07) is 7.23. The van der Waals surface area contributed by atoms with Gasteiger partial charge in [-0.25, -0.2) is 9.97 Å². The van der Waals surface area contributed by atoms with Crippen molar-refractivity contribution in [1.82, 2.24) is 29.9 Å². The fraction of sp³-hybridized carbons (Fsp3) is 0.318. The van der Waals surface area contributed by atoms with Crippen molar-refractivity contribution in [2.24, 2.45) is 5.92 Å². The first-order valence-corrected chi connectivity index (χ1v) is 11.1. The van der Waals surface area contributed by atoms with E-state index in [2.05, 4.69) is 20.5 Å². The van der Waals surface area contributed by atoms with E-state index >= 15 is 0 Å².